The third-order valence-electron chi connectivity index (χ3n) is 7.60. The van der Waals surface area contributed by atoms with Crippen molar-refractivity contribution in [3.05, 3.63) is 77.6 Å². The van der Waals surface area contributed by atoms with Crippen molar-refractivity contribution < 1.29 is 9.90 Å². The summed E-state index contributed by atoms with van der Waals surface area (Å²) in [6.07, 6.45) is 5.52. The van der Waals surface area contributed by atoms with Gasteiger partial charge in [0.15, 0.2) is 0 Å². The number of aromatic nitrogens is 2. The van der Waals surface area contributed by atoms with E-state index in [0.717, 1.165) is 77.5 Å². The van der Waals surface area contributed by atoms with Crippen LogP contribution < -0.4 is 4.90 Å². The Labute approximate surface area is 213 Å². The van der Waals surface area contributed by atoms with E-state index in [1.165, 1.54) is 18.5 Å². The maximum atomic E-state index is 12.0. The van der Waals surface area contributed by atoms with Gasteiger partial charge in [-0.2, -0.15) is 0 Å². The number of piperidine rings is 1. The van der Waals surface area contributed by atoms with Crippen molar-refractivity contribution in [2.24, 2.45) is 5.92 Å². The zero-order chi connectivity index (χ0) is 25.2. The molecule has 0 atom stereocenters. The van der Waals surface area contributed by atoms with Gasteiger partial charge in [-0.1, -0.05) is 50.6 Å². The number of hydrogen-bond acceptors (Lipinski definition) is 3. The maximum Gasteiger partial charge on any atom is 0.336 e. The standard InChI is InChI=1S/C31H35N3O2/c1-4-5-13-30-32-27-15-14-23(33-18-16-21(2)17-19-33)20-29(27)34(30)28-12-8-11-24(22(28)3)25-9-6-7-10-26(25)31(35)36/h6-12,14-15,20-21H,4-5,13,16-19H2,1-3H3,(H,35,36). The number of carboxylic acids is 1. The van der Waals surface area contributed by atoms with Crippen molar-refractivity contribution in [1.82, 2.24) is 9.55 Å². The van der Waals surface area contributed by atoms with Crippen molar-refractivity contribution in [2.45, 2.75) is 52.9 Å². The first kappa shape index (κ1) is 24.1. The van der Waals surface area contributed by atoms with Gasteiger partial charge in [0.1, 0.15) is 5.82 Å². The molecule has 0 amide bonds. The average Bonchev–Trinajstić information content (AvgIpc) is 3.25. The smallest absolute Gasteiger partial charge is 0.336 e. The molecule has 5 heteroatoms. The third kappa shape index (κ3) is 4.50. The normalized spacial score (nSPS) is 14.5. The monoisotopic (exact) mass is 481 g/mol. The third-order valence-corrected chi connectivity index (χ3v) is 7.60. The summed E-state index contributed by atoms with van der Waals surface area (Å²) in [5.74, 6) is 0.936. The van der Waals surface area contributed by atoms with Gasteiger partial charge in [0, 0.05) is 25.2 Å². The van der Waals surface area contributed by atoms with Crippen molar-refractivity contribution in [3.8, 4) is 16.8 Å². The van der Waals surface area contributed by atoms with Crippen LogP contribution >= 0.6 is 0 Å². The van der Waals surface area contributed by atoms with Crippen molar-refractivity contribution in [2.75, 3.05) is 18.0 Å². The second-order valence-corrected chi connectivity index (χ2v) is 10.1. The van der Waals surface area contributed by atoms with E-state index >= 15 is 0 Å². The first-order valence-corrected chi connectivity index (χ1v) is 13.2. The van der Waals surface area contributed by atoms with Gasteiger partial charge in [-0.15, -0.1) is 0 Å². The van der Waals surface area contributed by atoms with E-state index in [0.29, 0.717) is 5.56 Å². The van der Waals surface area contributed by atoms with Gasteiger partial charge in [0.25, 0.3) is 0 Å². The number of carbonyl (C=O) groups is 1. The Morgan fingerprint density at radius 2 is 1.78 bits per heavy atom. The molecule has 0 aliphatic carbocycles. The van der Waals surface area contributed by atoms with Crippen molar-refractivity contribution in [1.29, 1.82) is 0 Å². The summed E-state index contributed by atoms with van der Waals surface area (Å²) in [7, 11) is 0. The minimum Gasteiger partial charge on any atom is -0.478 e. The van der Waals surface area contributed by atoms with Crippen LogP contribution in [0.4, 0.5) is 5.69 Å². The quantitative estimate of drug-likeness (QED) is 0.301. The summed E-state index contributed by atoms with van der Waals surface area (Å²) in [6, 6.07) is 20.1. The molecule has 0 bridgehead atoms. The highest BCUT2D eigenvalue weighted by molar-refractivity contribution is 5.97. The molecule has 1 saturated heterocycles. The lowest BCUT2D eigenvalue weighted by atomic mass is 9.95. The highest BCUT2D eigenvalue weighted by atomic mass is 16.4. The Morgan fingerprint density at radius 3 is 2.53 bits per heavy atom. The topological polar surface area (TPSA) is 58.4 Å². The van der Waals surface area contributed by atoms with E-state index in [-0.39, 0.29) is 0 Å². The Morgan fingerprint density at radius 1 is 1.03 bits per heavy atom. The van der Waals surface area contributed by atoms with E-state index in [1.54, 1.807) is 12.1 Å². The van der Waals surface area contributed by atoms with Crippen LogP contribution in [0.5, 0.6) is 0 Å². The molecule has 5 nitrogen and oxygen atoms in total. The molecular formula is C31H35N3O2. The predicted octanol–water partition coefficient (Wildman–Crippen LogP) is 7.28. The number of benzene rings is 3. The number of unbranched alkanes of at least 4 members (excludes halogenated alkanes) is 1. The van der Waals surface area contributed by atoms with Crippen LogP contribution in [0.1, 0.15) is 61.3 Å². The van der Waals surface area contributed by atoms with Crippen LogP contribution in [-0.4, -0.2) is 33.7 Å². The molecule has 0 unspecified atom stereocenters. The fourth-order valence-corrected chi connectivity index (χ4v) is 5.41. The number of fused-ring (bicyclic) bond motifs is 1. The molecule has 1 aromatic heterocycles. The van der Waals surface area contributed by atoms with Crippen LogP contribution in [-0.2, 0) is 6.42 Å². The van der Waals surface area contributed by atoms with Crippen LogP contribution in [0.15, 0.2) is 60.7 Å². The fraction of sp³-hybridized carbons (Fsp3) is 0.355. The van der Waals surface area contributed by atoms with Gasteiger partial charge < -0.3 is 10.0 Å². The molecule has 1 aliphatic heterocycles. The largest absolute Gasteiger partial charge is 0.478 e. The zero-order valence-corrected chi connectivity index (χ0v) is 21.5. The number of aromatic carboxylic acids is 1. The van der Waals surface area contributed by atoms with E-state index in [9.17, 15) is 9.90 Å². The van der Waals surface area contributed by atoms with E-state index in [4.69, 9.17) is 4.98 Å². The maximum absolute atomic E-state index is 12.0. The second-order valence-electron chi connectivity index (χ2n) is 10.1. The van der Waals surface area contributed by atoms with Gasteiger partial charge in [-0.3, -0.25) is 4.57 Å². The molecule has 186 valence electrons. The molecule has 5 rings (SSSR count). The molecule has 1 aliphatic rings. The highest BCUT2D eigenvalue weighted by Gasteiger charge is 2.21. The lowest BCUT2D eigenvalue weighted by Gasteiger charge is -2.32. The Balaban J connectivity index is 1.67. The highest BCUT2D eigenvalue weighted by Crippen LogP contribution is 2.34. The van der Waals surface area contributed by atoms with Gasteiger partial charge in [0.05, 0.1) is 22.3 Å². The second kappa shape index (κ2) is 10.2. The molecule has 2 heterocycles. The summed E-state index contributed by atoms with van der Waals surface area (Å²) >= 11 is 0. The van der Waals surface area contributed by atoms with E-state index in [1.807, 2.05) is 24.3 Å². The first-order chi connectivity index (χ1) is 17.5. The predicted molar refractivity (Wildman–Crippen MR) is 147 cm³/mol. The first-order valence-electron chi connectivity index (χ1n) is 13.2. The Hall–Kier alpha value is -3.60. The number of hydrogen-bond donors (Lipinski definition) is 1. The molecule has 0 radical (unpaired) electrons. The molecule has 0 spiro atoms. The minimum absolute atomic E-state index is 0.320. The summed E-state index contributed by atoms with van der Waals surface area (Å²) in [4.78, 5) is 19.5. The fourth-order valence-electron chi connectivity index (χ4n) is 5.41. The zero-order valence-electron chi connectivity index (χ0n) is 21.5. The number of nitrogens with zero attached hydrogens (tertiary/aromatic N) is 3. The molecule has 1 N–H and O–H groups in total. The van der Waals surface area contributed by atoms with E-state index in [2.05, 4.69) is 54.5 Å². The molecular weight excluding hydrogens is 446 g/mol. The van der Waals surface area contributed by atoms with Crippen LogP contribution in [0, 0.1) is 12.8 Å². The summed E-state index contributed by atoms with van der Waals surface area (Å²) in [5, 5.41) is 9.80. The summed E-state index contributed by atoms with van der Waals surface area (Å²) in [5.41, 5.74) is 7.49. The molecule has 3 aromatic carbocycles. The van der Waals surface area contributed by atoms with Crippen LogP contribution in [0.25, 0.3) is 27.8 Å². The van der Waals surface area contributed by atoms with E-state index < -0.39 is 5.97 Å². The van der Waals surface area contributed by atoms with Gasteiger partial charge >= 0.3 is 5.97 Å². The Bertz CT molecular complexity index is 1400. The number of anilines is 1. The molecule has 0 saturated carbocycles. The van der Waals surface area contributed by atoms with Gasteiger partial charge in [0.2, 0.25) is 0 Å². The average molecular weight is 482 g/mol. The van der Waals surface area contributed by atoms with Gasteiger partial charge in [-0.05, 0) is 79.1 Å². The Kier molecular flexibility index (Phi) is 6.82. The van der Waals surface area contributed by atoms with Crippen LogP contribution in [0.2, 0.25) is 0 Å². The number of rotatable bonds is 7. The number of imidazole rings is 1. The lowest BCUT2D eigenvalue weighted by molar-refractivity contribution is 0.0697. The summed E-state index contributed by atoms with van der Waals surface area (Å²) in [6.45, 7) is 8.81. The van der Waals surface area contributed by atoms with Crippen molar-refractivity contribution >= 4 is 22.7 Å². The SMILES string of the molecule is CCCCc1nc2ccc(N3CCC(C)CC3)cc2n1-c1cccc(-c2ccccc2C(=O)O)c1C. The summed E-state index contributed by atoms with van der Waals surface area (Å²) < 4.78 is 2.31. The molecule has 36 heavy (non-hydrogen) atoms. The van der Waals surface area contributed by atoms with Crippen LogP contribution in [0.3, 0.4) is 0 Å². The molecule has 1 fully saturated rings. The molecule has 4 aromatic rings. The number of carboxylic acid groups (broad SMARTS) is 1. The minimum atomic E-state index is -0.910. The number of aryl methyl sites for hydroxylation is 1. The van der Waals surface area contributed by atoms with Gasteiger partial charge in [-0.25, -0.2) is 9.78 Å². The van der Waals surface area contributed by atoms with Crippen molar-refractivity contribution in [3.63, 3.8) is 0 Å². The lowest BCUT2D eigenvalue weighted by Crippen LogP contribution is -2.32.